The Morgan fingerprint density at radius 3 is 2.36 bits per heavy atom. The number of benzene rings is 2. The van der Waals surface area contributed by atoms with Gasteiger partial charge in [0, 0.05) is 12.6 Å². The summed E-state index contributed by atoms with van der Waals surface area (Å²) >= 11 is 0. The van der Waals surface area contributed by atoms with E-state index in [1.54, 1.807) is 7.11 Å². The summed E-state index contributed by atoms with van der Waals surface area (Å²) in [6, 6.07) is 11.5. The van der Waals surface area contributed by atoms with Crippen LogP contribution >= 0.6 is 0 Å². The zero-order valence-corrected chi connectivity index (χ0v) is 14.0. The predicted octanol–water partition coefficient (Wildman–Crippen LogP) is 3.58. The first-order valence-electron chi connectivity index (χ1n) is 8.17. The molecule has 2 aromatic carbocycles. The lowest BCUT2D eigenvalue weighted by atomic mass is 10.2. The van der Waals surface area contributed by atoms with Crippen molar-refractivity contribution in [3.63, 3.8) is 0 Å². The second kappa shape index (κ2) is 7.61. The van der Waals surface area contributed by atoms with Crippen LogP contribution in [0.4, 0.5) is 14.5 Å². The summed E-state index contributed by atoms with van der Waals surface area (Å²) in [6.07, 6.45) is 2.05. The molecule has 0 atom stereocenters. The molecule has 1 amide bonds. The van der Waals surface area contributed by atoms with E-state index in [9.17, 15) is 13.6 Å². The number of anilines is 1. The molecular formula is C19H20F2N2O2. The van der Waals surface area contributed by atoms with Gasteiger partial charge in [0.25, 0.3) is 0 Å². The number of hydrogen-bond donors (Lipinski definition) is 1. The van der Waals surface area contributed by atoms with Crippen molar-refractivity contribution in [3.05, 3.63) is 59.7 Å². The highest BCUT2D eigenvalue weighted by Crippen LogP contribution is 2.28. The summed E-state index contributed by atoms with van der Waals surface area (Å²) in [6.45, 7) is 0.687. The molecule has 1 aliphatic carbocycles. The van der Waals surface area contributed by atoms with Crippen molar-refractivity contribution in [3.8, 4) is 5.75 Å². The third-order valence-electron chi connectivity index (χ3n) is 4.18. The Balaban J connectivity index is 1.64. The highest BCUT2D eigenvalue weighted by Gasteiger charge is 2.30. The Morgan fingerprint density at radius 2 is 1.80 bits per heavy atom. The molecule has 0 spiro atoms. The van der Waals surface area contributed by atoms with Crippen LogP contribution in [0.1, 0.15) is 18.4 Å². The van der Waals surface area contributed by atoms with Gasteiger partial charge in [0.15, 0.2) is 0 Å². The van der Waals surface area contributed by atoms with E-state index >= 15 is 0 Å². The van der Waals surface area contributed by atoms with Gasteiger partial charge in [-0.05, 0) is 42.7 Å². The molecule has 1 saturated carbocycles. The van der Waals surface area contributed by atoms with E-state index in [1.807, 2.05) is 29.2 Å². The minimum absolute atomic E-state index is 0.0878. The molecule has 132 valence electrons. The largest absolute Gasteiger partial charge is 0.497 e. The van der Waals surface area contributed by atoms with Gasteiger partial charge >= 0.3 is 0 Å². The zero-order valence-electron chi connectivity index (χ0n) is 14.0. The summed E-state index contributed by atoms with van der Waals surface area (Å²) < 4.78 is 32.5. The number of para-hydroxylation sites is 1. The predicted molar refractivity (Wildman–Crippen MR) is 91.4 cm³/mol. The van der Waals surface area contributed by atoms with Crippen LogP contribution in [0.5, 0.6) is 5.75 Å². The smallest absolute Gasteiger partial charge is 0.238 e. The van der Waals surface area contributed by atoms with Gasteiger partial charge in [-0.3, -0.25) is 9.69 Å². The minimum Gasteiger partial charge on any atom is -0.497 e. The van der Waals surface area contributed by atoms with Gasteiger partial charge in [0.2, 0.25) is 5.91 Å². The Kier molecular flexibility index (Phi) is 5.28. The van der Waals surface area contributed by atoms with Crippen LogP contribution in [-0.4, -0.2) is 30.5 Å². The van der Waals surface area contributed by atoms with Crippen LogP contribution in [-0.2, 0) is 11.3 Å². The number of nitrogens with zero attached hydrogens (tertiary/aromatic N) is 1. The van der Waals surface area contributed by atoms with Crippen LogP contribution in [0, 0.1) is 11.6 Å². The number of nitrogens with one attached hydrogen (secondary N) is 1. The maximum atomic E-state index is 13.7. The van der Waals surface area contributed by atoms with Gasteiger partial charge in [0.1, 0.15) is 23.1 Å². The van der Waals surface area contributed by atoms with Crippen LogP contribution in [0.15, 0.2) is 42.5 Å². The van der Waals surface area contributed by atoms with Crippen molar-refractivity contribution in [2.75, 3.05) is 19.0 Å². The first kappa shape index (κ1) is 17.4. The molecule has 0 aliphatic heterocycles. The fourth-order valence-electron chi connectivity index (χ4n) is 2.70. The van der Waals surface area contributed by atoms with Crippen molar-refractivity contribution in [1.29, 1.82) is 0 Å². The van der Waals surface area contributed by atoms with E-state index in [4.69, 9.17) is 4.74 Å². The molecule has 0 unspecified atom stereocenters. The number of halogens is 2. The topological polar surface area (TPSA) is 41.6 Å². The van der Waals surface area contributed by atoms with E-state index in [2.05, 4.69) is 5.32 Å². The first-order valence-corrected chi connectivity index (χ1v) is 8.17. The molecule has 0 radical (unpaired) electrons. The molecule has 6 heteroatoms. The van der Waals surface area contributed by atoms with E-state index in [1.165, 1.54) is 6.07 Å². The van der Waals surface area contributed by atoms with Crippen molar-refractivity contribution in [2.24, 2.45) is 0 Å². The molecule has 1 fully saturated rings. The fraction of sp³-hybridized carbons (Fsp3) is 0.316. The molecule has 0 heterocycles. The van der Waals surface area contributed by atoms with Crippen LogP contribution in [0.3, 0.4) is 0 Å². The van der Waals surface area contributed by atoms with Gasteiger partial charge in [0.05, 0.1) is 13.7 Å². The molecule has 2 aromatic rings. The lowest BCUT2D eigenvalue weighted by Gasteiger charge is -2.21. The van der Waals surface area contributed by atoms with E-state index in [0.717, 1.165) is 36.3 Å². The lowest BCUT2D eigenvalue weighted by Crippen LogP contribution is -2.34. The SMILES string of the molecule is COc1ccc(CN(CC(=O)Nc2c(F)cccc2F)C2CC2)cc1. The quantitative estimate of drug-likeness (QED) is 0.833. The monoisotopic (exact) mass is 346 g/mol. The molecule has 0 aromatic heterocycles. The second-order valence-electron chi connectivity index (χ2n) is 6.13. The molecule has 1 aliphatic rings. The van der Waals surface area contributed by atoms with Crippen molar-refractivity contribution in [2.45, 2.75) is 25.4 Å². The molecule has 3 rings (SSSR count). The summed E-state index contributed by atoms with van der Waals surface area (Å²) in [5, 5.41) is 2.35. The first-order chi connectivity index (χ1) is 12.1. The van der Waals surface area contributed by atoms with Crippen molar-refractivity contribution in [1.82, 2.24) is 4.90 Å². The molecule has 0 saturated heterocycles. The molecule has 0 bridgehead atoms. The summed E-state index contributed by atoms with van der Waals surface area (Å²) in [4.78, 5) is 14.3. The summed E-state index contributed by atoms with van der Waals surface area (Å²) in [5.74, 6) is -1.21. The number of carbonyl (C=O) groups excluding carboxylic acids is 1. The molecular weight excluding hydrogens is 326 g/mol. The number of carbonyl (C=O) groups is 1. The number of amides is 1. The minimum atomic E-state index is -0.776. The summed E-state index contributed by atoms with van der Waals surface area (Å²) in [7, 11) is 1.61. The highest BCUT2D eigenvalue weighted by molar-refractivity contribution is 5.92. The van der Waals surface area contributed by atoms with Crippen LogP contribution < -0.4 is 10.1 Å². The number of rotatable bonds is 7. The Morgan fingerprint density at radius 1 is 1.16 bits per heavy atom. The lowest BCUT2D eigenvalue weighted by molar-refractivity contribution is -0.117. The van der Waals surface area contributed by atoms with E-state index < -0.39 is 23.2 Å². The number of hydrogen-bond acceptors (Lipinski definition) is 3. The normalized spacial score (nSPS) is 13.8. The molecule has 4 nitrogen and oxygen atoms in total. The van der Waals surface area contributed by atoms with Crippen LogP contribution in [0.2, 0.25) is 0 Å². The Hall–Kier alpha value is -2.47. The van der Waals surface area contributed by atoms with Gasteiger partial charge in [-0.15, -0.1) is 0 Å². The average molecular weight is 346 g/mol. The fourth-order valence-corrected chi connectivity index (χ4v) is 2.70. The average Bonchev–Trinajstić information content (AvgIpc) is 3.43. The van der Waals surface area contributed by atoms with Gasteiger partial charge < -0.3 is 10.1 Å². The van der Waals surface area contributed by atoms with Gasteiger partial charge in [-0.25, -0.2) is 8.78 Å². The third kappa shape index (κ3) is 4.54. The number of ether oxygens (including phenoxy) is 1. The standard InChI is InChI=1S/C19H20F2N2O2/c1-25-15-9-5-13(6-10-15)11-23(14-7-8-14)12-18(24)22-19-16(20)3-2-4-17(19)21/h2-6,9-10,14H,7-8,11-12H2,1H3,(H,22,24). The van der Waals surface area contributed by atoms with E-state index in [0.29, 0.717) is 12.6 Å². The van der Waals surface area contributed by atoms with Gasteiger partial charge in [-0.2, -0.15) is 0 Å². The van der Waals surface area contributed by atoms with Crippen molar-refractivity contribution < 1.29 is 18.3 Å². The maximum absolute atomic E-state index is 13.7. The zero-order chi connectivity index (χ0) is 17.8. The maximum Gasteiger partial charge on any atom is 0.238 e. The number of methoxy groups -OCH3 is 1. The highest BCUT2D eigenvalue weighted by atomic mass is 19.1. The Labute approximate surface area is 145 Å². The Bertz CT molecular complexity index is 725. The third-order valence-corrected chi connectivity index (χ3v) is 4.18. The molecule has 1 N–H and O–H groups in total. The second-order valence-corrected chi connectivity index (χ2v) is 6.13. The van der Waals surface area contributed by atoms with Crippen molar-refractivity contribution >= 4 is 11.6 Å². The summed E-state index contributed by atoms with van der Waals surface area (Å²) in [5.41, 5.74) is 0.658. The van der Waals surface area contributed by atoms with Crippen LogP contribution in [0.25, 0.3) is 0 Å². The van der Waals surface area contributed by atoms with E-state index in [-0.39, 0.29) is 6.54 Å². The molecule has 25 heavy (non-hydrogen) atoms. The van der Waals surface area contributed by atoms with Gasteiger partial charge in [-0.1, -0.05) is 18.2 Å².